The second-order valence-corrected chi connectivity index (χ2v) is 9.17. The summed E-state index contributed by atoms with van der Waals surface area (Å²) in [6.07, 6.45) is 4.19. The molecule has 10 heteroatoms. The van der Waals surface area contributed by atoms with E-state index in [1.165, 1.54) is 41.2 Å². The highest BCUT2D eigenvalue weighted by Gasteiger charge is 2.18. The Hall–Kier alpha value is -3.07. The minimum Gasteiger partial charge on any atom is -0.494 e. The molecule has 0 amide bonds. The molecule has 0 radical (unpaired) electrons. The van der Waals surface area contributed by atoms with Gasteiger partial charge in [0.2, 0.25) is 0 Å². The lowest BCUT2D eigenvalue weighted by atomic mass is 10.0. The maximum Gasteiger partial charge on any atom is 0.373 e. The smallest absolute Gasteiger partial charge is 0.373 e. The summed E-state index contributed by atoms with van der Waals surface area (Å²) in [5.74, 6) is 1.65. The van der Waals surface area contributed by atoms with Gasteiger partial charge < -0.3 is 18.9 Å². The number of halogens is 1. The number of benzene rings is 2. The third-order valence-corrected chi connectivity index (χ3v) is 6.65. The Morgan fingerprint density at radius 2 is 1.64 bits per heavy atom. The first-order valence-corrected chi connectivity index (χ1v) is 12.6. The molecular formula is C26H29FO7S2. The van der Waals surface area contributed by atoms with Crippen molar-refractivity contribution in [3.05, 3.63) is 52.2 Å². The van der Waals surface area contributed by atoms with E-state index >= 15 is 0 Å². The summed E-state index contributed by atoms with van der Waals surface area (Å²) in [5, 5.41) is 1.37. The first-order chi connectivity index (χ1) is 17.4. The van der Waals surface area contributed by atoms with Crippen molar-refractivity contribution in [1.29, 1.82) is 0 Å². The van der Waals surface area contributed by atoms with Crippen LogP contribution < -0.4 is 14.2 Å². The van der Waals surface area contributed by atoms with E-state index in [9.17, 15) is 9.18 Å². The number of hydrogen-bond donors (Lipinski definition) is 1. The van der Waals surface area contributed by atoms with Crippen molar-refractivity contribution >= 4 is 46.2 Å². The van der Waals surface area contributed by atoms with Gasteiger partial charge in [-0.1, -0.05) is 0 Å². The van der Waals surface area contributed by atoms with Gasteiger partial charge in [-0.05, 0) is 68.3 Å². The lowest BCUT2D eigenvalue weighted by Gasteiger charge is -2.18. The molecule has 0 N–H and O–H groups in total. The van der Waals surface area contributed by atoms with E-state index in [1.807, 2.05) is 11.3 Å². The molecule has 0 fully saturated rings. The van der Waals surface area contributed by atoms with Crippen LogP contribution >= 0.6 is 24.0 Å². The Morgan fingerprint density at radius 3 is 2.19 bits per heavy atom. The van der Waals surface area contributed by atoms with E-state index in [0.29, 0.717) is 23.7 Å². The highest BCUT2D eigenvalue weighted by molar-refractivity contribution is 7.81. The fourth-order valence-corrected chi connectivity index (χ4v) is 4.89. The van der Waals surface area contributed by atoms with Gasteiger partial charge in [0.1, 0.15) is 11.5 Å². The van der Waals surface area contributed by atoms with Gasteiger partial charge in [-0.3, -0.25) is 4.79 Å². The number of ether oxygens (including phenoxy) is 4. The van der Waals surface area contributed by atoms with Crippen LogP contribution in [0.4, 0.5) is 4.39 Å². The molecule has 36 heavy (non-hydrogen) atoms. The molecule has 7 nitrogen and oxygen atoms in total. The maximum atomic E-state index is 13.5. The van der Waals surface area contributed by atoms with Crippen molar-refractivity contribution in [3.8, 4) is 17.2 Å². The lowest BCUT2D eigenvalue weighted by molar-refractivity contribution is -0.191. The highest BCUT2D eigenvalue weighted by Crippen LogP contribution is 2.36. The highest BCUT2D eigenvalue weighted by atomic mass is 32.1. The van der Waals surface area contributed by atoms with Gasteiger partial charge in [-0.2, -0.15) is 22.2 Å². The molecule has 0 bridgehead atoms. The fourth-order valence-electron chi connectivity index (χ4n) is 3.68. The second kappa shape index (κ2) is 15.1. The molecule has 0 aliphatic carbocycles. The van der Waals surface area contributed by atoms with Gasteiger partial charge in [0.15, 0.2) is 11.6 Å². The number of thiol groups is 1. The van der Waals surface area contributed by atoms with Gasteiger partial charge in [-0.25, -0.2) is 4.39 Å². The summed E-state index contributed by atoms with van der Waals surface area (Å²) < 4.78 is 35.0. The molecular weight excluding hydrogens is 507 g/mol. The monoisotopic (exact) mass is 536 g/mol. The average molecular weight is 537 g/mol. The molecule has 0 saturated carbocycles. The van der Waals surface area contributed by atoms with E-state index in [0.717, 1.165) is 31.6 Å². The van der Waals surface area contributed by atoms with Crippen molar-refractivity contribution in [1.82, 2.24) is 0 Å². The third-order valence-electron chi connectivity index (χ3n) is 5.27. The molecule has 194 valence electrons. The van der Waals surface area contributed by atoms with Crippen LogP contribution in [0.1, 0.15) is 28.8 Å². The number of aryl methyl sites for hydroxylation is 2. The van der Waals surface area contributed by atoms with Crippen LogP contribution in [0.25, 0.3) is 10.1 Å². The van der Waals surface area contributed by atoms with Crippen LogP contribution in [0.3, 0.4) is 0 Å². The van der Waals surface area contributed by atoms with E-state index < -0.39 is 0 Å². The SMILES string of the molecule is COC(=O)CS.COc1ccc2c(c1F)CCCO2.Cc1cc2ccc3c(c2s1)CCCO3.O=C=O. The molecule has 2 aliphatic heterocycles. The number of thiophene rings is 1. The van der Waals surface area contributed by atoms with Crippen LogP contribution in [-0.2, 0) is 32.0 Å². The zero-order valence-electron chi connectivity index (χ0n) is 20.4. The normalized spacial score (nSPS) is 12.7. The number of esters is 1. The molecule has 5 rings (SSSR count). The van der Waals surface area contributed by atoms with Crippen molar-refractivity contribution in [2.45, 2.75) is 32.6 Å². The minimum absolute atomic E-state index is 0.163. The van der Waals surface area contributed by atoms with Gasteiger partial charge in [0.05, 0.1) is 33.2 Å². The fraction of sp³-hybridized carbons (Fsp3) is 0.385. The quantitative estimate of drug-likeness (QED) is 0.356. The predicted octanol–water partition coefficient (Wildman–Crippen LogP) is 5.20. The van der Waals surface area contributed by atoms with Gasteiger partial charge in [0, 0.05) is 20.7 Å². The van der Waals surface area contributed by atoms with E-state index in [-0.39, 0.29) is 23.7 Å². The Kier molecular flexibility index (Phi) is 12.3. The predicted molar refractivity (Wildman–Crippen MR) is 138 cm³/mol. The summed E-state index contributed by atoms with van der Waals surface area (Å²) in [5.41, 5.74) is 2.07. The van der Waals surface area contributed by atoms with Crippen molar-refractivity contribution in [3.63, 3.8) is 0 Å². The molecule has 0 unspecified atom stereocenters. The summed E-state index contributed by atoms with van der Waals surface area (Å²) in [6.45, 7) is 3.72. The zero-order chi connectivity index (χ0) is 26.5. The molecule has 0 saturated heterocycles. The number of carbonyl (C=O) groups excluding carboxylic acids is 3. The molecule has 0 atom stereocenters. The lowest BCUT2D eigenvalue weighted by Crippen LogP contribution is -2.10. The molecule has 1 aromatic heterocycles. The van der Waals surface area contributed by atoms with Crippen LogP contribution in [0.5, 0.6) is 17.2 Å². The number of methoxy groups -OCH3 is 2. The first kappa shape index (κ1) is 29.2. The van der Waals surface area contributed by atoms with Crippen LogP contribution in [-0.4, -0.2) is 45.3 Å². The van der Waals surface area contributed by atoms with E-state index in [2.05, 4.69) is 42.5 Å². The van der Waals surface area contributed by atoms with E-state index in [1.54, 1.807) is 12.1 Å². The van der Waals surface area contributed by atoms with Crippen molar-refractivity contribution in [2.24, 2.45) is 0 Å². The largest absolute Gasteiger partial charge is 0.494 e. The number of hydrogen-bond acceptors (Lipinski definition) is 9. The van der Waals surface area contributed by atoms with Crippen molar-refractivity contribution < 1.29 is 37.7 Å². The summed E-state index contributed by atoms with van der Waals surface area (Å²) >= 11 is 5.51. The van der Waals surface area contributed by atoms with Crippen LogP contribution in [0, 0.1) is 12.7 Å². The summed E-state index contributed by atoms with van der Waals surface area (Å²) in [4.78, 5) is 27.5. The van der Waals surface area contributed by atoms with Crippen LogP contribution in [0.15, 0.2) is 30.3 Å². The molecule has 3 aromatic rings. The minimum atomic E-state index is -0.293. The summed E-state index contributed by atoms with van der Waals surface area (Å²) in [6, 6.07) is 9.90. The van der Waals surface area contributed by atoms with E-state index in [4.69, 9.17) is 23.8 Å². The molecule has 3 heterocycles. The molecule has 2 aromatic carbocycles. The standard InChI is InChI=1S/C12H12OS.C10H11FO2.C3H6O2S.CO2/c1-8-7-9-4-5-11-10(12(9)14-8)3-2-6-13-11;1-12-9-5-4-8-7(10(9)11)3-2-6-13-8;1-5-3(4)2-6;2-1-3/h4-5,7H,2-3,6H2,1H3;4-5H,2-3,6H2,1H3;6H,2H2,1H3;. The van der Waals surface area contributed by atoms with Crippen LogP contribution in [0.2, 0.25) is 0 Å². The Balaban J connectivity index is 0.000000193. The Labute approximate surface area is 218 Å². The zero-order valence-corrected chi connectivity index (χ0v) is 22.1. The topological polar surface area (TPSA) is 88.1 Å². The number of carbonyl (C=O) groups is 1. The van der Waals surface area contributed by atoms with Gasteiger partial charge in [-0.15, -0.1) is 11.3 Å². The second-order valence-electron chi connectivity index (χ2n) is 7.60. The van der Waals surface area contributed by atoms with Gasteiger partial charge in [0.25, 0.3) is 0 Å². The summed E-state index contributed by atoms with van der Waals surface area (Å²) in [7, 11) is 2.80. The number of rotatable bonds is 2. The van der Waals surface area contributed by atoms with Crippen molar-refractivity contribution in [2.75, 3.05) is 33.2 Å². The van der Waals surface area contributed by atoms with Gasteiger partial charge >= 0.3 is 12.1 Å². The average Bonchev–Trinajstić information content (AvgIpc) is 3.30. The Morgan fingerprint density at radius 1 is 1.06 bits per heavy atom. The number of fused-ring (bicyclic) bond motifs is 4. The first-order valence-electron chi connectivity index (χ1n) is 11.2. The molecule has 2 aliphatic rings. The third kappa shape index (κ3) is 7.98. The molecule has 0 spiro atoms. The Bertz CT molecular complexity index is 1180. The maximum absolute atomic E-state index is 13.5.